The number of hydrogen-bond donors (Lipinski definition) is 0. The van der Waals surface area contributed by atoms with Crippen LogP contribution in [0.1, 0.15) is 11.5 Å². The summed E-state index contributed by atoms with van der Waals surface area (Å²) in [5, 5.41) is 3.73. The molecule has 0 unspecified atom stereocenters. The molecule has 0 radical (unpaired) electrons. The molecule has 0 N–H and O–H groups in total. The summed E-state index contributed by atoms with van der Waals surface area (Å²) in [6.45, 7) is 1.53. The van der Waals surface area contributed by atoms with Crippen molar-refractivity contribution in [2.24, 2.45) is 0 Å². The zero-order valence-electron chi connectivity index (χ0n) is 12.0. The highest BCUT2D eigenvalue weighted by molar-refractivity contribution is 5.54. The van der Waals surface area contributed by atoms with Crippen LogP contribution in [0.3, 0.4) is 0 Å². The van der Waals surface area contributed by atoms with Gasteiger partial charge in [-0.3, -0.25) is 0 Å². The molecule has 0 saturated heterocycles. The van der Waals surface area contributed by atoms with E-state index in [0.717, 1.165) is 12.1 Å². The molecule has 0 saturated carbocycles. The van der Waals surface area contributed by atoms with Gasteiger partial charge >= 0.3 is 0 Å². The average Bonchev–Trinajstić information content (AvgIpc) is 3.00. The van der Waals surface area contributed by atoms with Gasteiger partial charge in [-0.25, -0.2) is 13.2 Å². The molecular formula is C16H11F3N2O2. The van der Waals surface area contributed by atoms with Gasteiger partial charge in [0.05, 0.1) is 0 Å². The van der Waals surface area contributed by atoms with Crippen LogP contribution in [-0.4, -0.2) is 10.1 Å². The van der Waals surface area contributed by atoms with Crippen LogP contribution in [0.2, 0.25) is 0 Å². The lowest BCUT2D eigenvalue weighted by Crippen LogP contribution is -1.97. The van der Waals surface area contributed by atoms with Crippen molar-refractivity contribution in [1.29, 1.82) is 0 Å². The highest BCUT2D eigenvalue weighted by atomic mass is 19.2. The lowest BCUT2D eigenvalue weighted by atomic mass is 10.1. The molecule has 0 aliphatic rings. The average molecular weight is 320 g/mol. The second kappa shape index (κ2) is 6.12. The summed E-state index contributed by atoms with van der Waals surface area (Å²) < 4.78 is 49.6. The predicted octanol–water partition coefficient (Wildman–Crippen LogP) is 4.04. The fourth-order valence-corrected chi connectivity index (χ4v) is 1.87. The molecule has 118 valence electrons. The highest BCUT2D eigenvalue weighted by Gasteiger charge is 2.11. The van der Waals surface area contributed by atoms with Gasteiger partial charge in [-0.15, -0.1) is 0 Å². The molecule has 1 heterocycles. The van der Waals surface area contributed by atoms with Crippen molar-refractivity contribution in [3.8, 4) is 17.1 Å². The summed E-state index contributed by atoms with van der Waals surface area (Å²) in [5.41, 5.74) is 0.982. The Kier molecular flexibility index (Phi) is 4.01. The summed E-state index contributed by atoms with van der Waals surface area (Å²) >= 11 is 0. The first-order valence-corrected chi connectivity index (χ1v) is 6.70. The zero-order valence-corrected chi connectivity index (χ0v) is 12.0. The van der Waals surface area contributed by atoms with Gasteiger partial charge in [0, 0.05) is 11.6 Å². The first kappa shape index (κ1) is 15.1. The van der Waals surface area contributed by atoms with E-state index in [0.29, 0.717) is 11.1 Å². The van der Waals surface area contributed by atoms with Gasteiger partial charge in [0.1, 0.15) is 11.6 Å². The summed E-state index contributed by atoms with van der Waals surface area (Å²) in [5.74, 6) is -1.86. The van der Waals surface area contributed by atoms with Crippen molar-refractivity contribution < 1.29 is 22.4 Å². The Morgan fingerprint density at radius 1 is 1.00 bits per heavy atom. The fraction of sp³-hybridized carbons (Fsp3) is 0.125. The lowest BCUT2D eigenvalue weighted by Gasteiger charge is -2.02. The summed E-state index contributed by atoms with van der Waals surface area (Å²) in [7, 11) is 0. The number of ether oxygens (including phenoxy) is 1. The number of benzene rings is 2. The SMILES string of the molecule is Cc1ccc(-c2noc(COc3ccc(F)c(F)c3)n2)cc1F. The highest BCUT2D eigenvalue weighted by Crippen LogP contribution is 2.20. The van der Waals surface area contributed by atoms with E-state index in [1.54, 1.807) is 19.1 Å². The topological polar surface area (TPSA) is 48.2 Å². The van der Waals surface area contributed by atoms with Crippen molar-refractivity contribution in [2.75, 3.05) is 0 Å². The number of hydrogen-bond acceptors (Lipinski definition) is 4. The van der Waals surface area contributed by atoms with E-state index in [2.05, 4.69) is 10.1 Å². The number of halogens is 3. The van der Waals surface area contributed by atoms with E-state index in [-0.39, 0.29) is 29.9 Å². The van der Waals surface area contributed by atoms with Crippen molar-refractivity contribution in [1.82, 2.24) is 10.1 Å². The fourth-order valence-electron chi connectivity index (χ4n) is 1.87. The molecule has 3 aromatic rings. The Morgan fingerprint density at radius 2 is 1.83 bits per heavy atom. The van der Waals surface area contributed by atoms with Crippen LogP contribution in [0.5, 0.6) is 5.75 Å². The van der Waals surface area contributed by atoms with Gasteiger partial charge in [0.2, 0.25) is 5.82 Å². The zero-order chi connectivity index (χ0) is 16.4. The molecular weight excluding hydrogens is 309 g/mol. The van der Waals surface area contributed by atoms with Crippen LogP contribution in [0.25, 0.3) is 11.4 Å². The Labute approximate surface area is 129 Å². The minimum atomic E-state index is -1.01. The third-order valence-corrected chi connectivity index (χ3v) is 3.15. The van der Waals surface area contributed by atoms with E-state index in [9.17, 15) is 13.2 Å². The van der Waals surface area contributed by atoms with Gasteiger partial charge in [-0.2, -0.15) is 4.98 Å². The standard InChI is InChI=1S/C16H11F3N2O2/c1-9-2-3-10(6-13(9)18)16-20-15(23-21-16)8-22-11-4-5-12(17)14(19)7-11/h2-7H,8H2,1H3. The van der Waals surface area contributed by atoms with E-state index in [1.807, 2.05) is 0 Å². The quantitative estimate of drug-likeness (QED) is 0.728. The Morgan fingerprint density at radius 3 is 2.57 bits per heavy atom. The maximum atomic E-state index is 13.5. The molecule has 0 bridgehead atoms. The summed E-state index contributed by atoms with van der Waals surface area (Å²) in [4.78, 5) is 4.07. The van der Waals surface area contributed by atoms with Crippen LogP contribution >= 0.6 is 0 Å². The van der Waals surface area contributed by atoms with Gasteiger partial charge in [0.25, 0.3) is 5.89 Å². The van der Waals surface area contributed by atoms with E-state index in [1.165, 1.54) is 12.1 Å². The molecule has 4 nitrogen and oxygen atoms in total. The lowest BCUT2D eigenvalue weighted by molar-refractivity contribution is 0.241. The van der Waals surface area contributed by atoms with Crippen LogP contribution in [0.4, 0.5) is 13.2 Å². The molecule has 3 rings (SSSR count). The van der Waals surface area contributed by atoms with Crippen molar-refractivity contribution in [2.45, 2.75) is 13.5 Å². The predicted molar refractivity (Wildman–Crippen MR) is 75.1 cm³/mol. The van der Waals surface area contributed by atoms with Crippen LogP contribution in [0.15, 0.2) is 40.9 Å². The molecule has 0 spiro atoms. The monoisotopic (exact) mass is 320 g/mol. The first-order chi connectivity index (χ1) is 11.0. The Hall–Kier alpha value is -2.83. The van der Waals surface area contributed by atoms with Crippen molar-refractivity contribution in [3.63, 3.8) is 0 Å². The Balaban J connectivity index is 1.71. The number of aromatic nitrogens is 2. The Bertz CT molecular complexity index is 849. The first-order valence-electron chi connectivity index (χ1n) is 6.70. The second-order valence-corrected chi connectivity index (χ2v) is 4.84. The molecule has 2 aromatic carbocycles. The maximum Gasteiger partial charge on any atom is 0.264 e. The summed E-state index contributed by atoms with van der Waals surface area (Å²) in [6.07, 6.45) is 0. The van der Waals surface area contributed by atoms with Crippen LogP contribution in [0, 0.1) is 24.4 Å². The molecule has 23 heavy (non-hydrogen) atoms. The minimum Gasteiger partial charge on any atom is -0.484 e. The smallest absolute Gasteiger partial charge is 0.264 e. The molecule has 0 aliphatic carbocycles. The van der Waals surface area contributed by atoms with Crippen molar-refractivity contribution in [3.05, 3.63) is 65.3 Å². The maximum absolute atomic E-state index is 13.5. The number of aryl methyl sites for hydroxylation is 1. The van der Waals surface area contributed by atoms with E-state index in [4.69, 9.17) is 9.26 Å². The third kappa shape index (κ3) is 3.33. The minimum absolute atomic E-state index is 0.119. The molecule has 0 amide bonds. The van der Waals surface area contributed by atoms with Gasteiger partial charge in [-0.1, -0.05) is 17.3 Å². The second-order valence-electron chi connectivity index (χ2n) is 4.84. The normalized spacial score (nSPS) is 10.8. The number of nitrogens with zero attached hydrogens (tertiary/aromatic N) is 2. The largest absolute Gasteiger partial charge is 0.484 e. The van der Waals surface area contributed by atoms with Gasteiger partial charge < -0.3 is 9.26 Å². The van der Waals surface area contributed by atoms with Crippen molar-refractivity contribution >= 4 is 0 Å². The molecule has 0 fully saturated rings. The van der Waals surface area contributed by atoms with Gasteiger partial charge in [-0.05, 0) is 30.7 Å². The van der Waals surface area contributed by atoms with Crippen LogP contribution in [-0.2, 0) is 6.61 Å². The van der Waals surface area contributed by atoms with E-state index < -0.39 is 11.6 Å². The third-order valence-electron chi connectivity index (χ3n) is 3.15. The van der Waals surface area contributed by atoms with E-state index >= 15 is 0 Å². The molecule has 1 aromatic heterocycles. The molecule has 0 aliphatic heterocycles. The molecule has 7 heteroatoms. The van der Waals surface area contributed by atoms with Gasteiger partial charge in [0.15, 0.2) is 18.2 Å². The van der Waals surface area contributed by atoms with Crippen LogP contribution < -0.4 is 4.74 Å². The summed E-state index contributed by atoms with van der Waals surface area (Å²) in [6, 6.07) is 7.74. The molecule has 0 atom stereocenters. The number of rotatable bonds is 4.